The third-order valence-electron chi connectivity index (χ3n) is 3.22. The lowest BCUT2D eigenvalue weighted by Gasteiger charge is -2.29. The zero-order valence-electron chi connectivity index (χ0n) is 9.66. The highest BCUT2D eigenvalue weighted by Gasteiger charge is 2.23. The molecule has 0 saturated heterocycles. The van der Waals surface area contributed by atoms with Crippen molar-refractivity contribution in [3.05, 3.63) is 34.3 Å². The van der Waals surface area contributed by atoms with Crippen LogP contribution in [-0.4, -0.2) is 18.0 Å². The molecule has 92 valence electrons. The van der Waals surface area contributed by atoms with Gasteiger partial charge in [-0.2, -0.15) is 0 Å². The Morgan fingerprint density at radius 2 is 2.12 bits per heavy atom. The fourth-order valence-corrected chi connectivity index (χ4v) is 2.62. The molecule has 2 atom stereocenters. The van der Waals surface area contributed by atoms with Crippen molar-refractivity contribution >= 4 is 21.8 Å². The number of nitrogens with one attached hydrogen (secondary N) is 1. The van der Waals surface area contributed by atoms with E-state index in [1.54, 1.807) is 0 Å². The Morgan fingerprint density at radius 3 is 2.82 bits per heavy atom. The zero-order valence-corrected chi connectivity index (χ0v) is 11.2. The largest absolute Gasteiger partial charge is 0.348 e. The Labute approximate surface area is 110 Å². The predicted octanol–water partition coefficient (Wildman–Crippen LogP) is 2.45. The van der Waals surface area contributed by atoms with Gasteiger partial charge in [0.25, 0.3) is 5.91 Å². The number of nitrogens with two attached hydrogens (primary N) is 1. The van der Waals surface area contributed by atoms with Gasteiger partial charge in [-0.25, -0.2) is 0 Å². The van der Waals surface area contributed by atoms with Gasteiger partial charge in [0.15, 0.2) is 0 Å². The molecule has 1 aliphatic rings. The molecular formula is C13H17BrN2O. The van der Waals surface area contributed by atoms with Gasteiger partial charge in [-0.15, -0.1) is 0 Å². The lowest BCUT2D eigenvalue weighted by atomic mass is 9.91. The quantitative estimate of drug-likeness (QED) is 0.881. The van der Waals surface area contributed by atoms with Crippen LogP contribution in [0.15, 0.2) is 28.7 Å². The van der Waals surface area contributed by atoms with Crippen molar-refractivity contribution in [3.63, 3.8) is 0 Å². The van der Waals surface area contributed by atoms with Crippen LogP contribution < -0.4 is 11.1 Å². The smallest absolute Gasteiger partial charge is 0.251 e. The SMILES string of the molecule is N[C@@H]1CCCC[C@H]1NC(=O)c1cccc(Br)c1. The van der Waals surface area contributed by atoms with Crippen molar-refractivity contribution in [1.29, 1.82) is 0 Å². The first-order chi connectivity index (χ1) is 8.16. The fourth-order valence-electron chi connectivity index (χ4n) is 2.22. The third-order valence-corrected chi connectivity index (χ3v) is 3.72. The molecule has 0 spiro atoms. The van der Waals surface area contributed by atoms with Crippen LogP contribution in [0.5, 0.6) is 0 Å². The summed E-state index contributed by atoms with van der Waals surface area (Å²) in [6.45, 7) is 0. The number of hydrogen-bond donors (Lipinski definition) is 2. The van der Waals surface area contributed by atoms with Crippen LogP contribution in [0, 0.1) is 0 Å². The number of carbonyl (C=O) groups is 1. The molecule has 0 radical (unpaired) electrons. The summed E-state index contributed by atoms with van der Waals surface area (Å²) in [6, 6.07) is 7.62. The summed E-state index contributed by atoms with van der Waals surface area (Å²) in [5.74, 6) is -0.0337. The highest BCUT2D eigenvalue weighted by atomic mass is 79.9. The molecule has 1 aromatic carbocycles. The Kier molecular flexibility index (Phi) is 4.18. The van der Waals surface area contributed by atoms with E-state index in [0.717, 1.165) is 23.7 Å². The second-order valence-electron chi connectivity index (χ2n) is 4.54. The Bertz CT molecular complexity index is 408. The van der Waals surface area contributed by atoms with E-state index in [4.69, 9.17) is 5.73 Å². The van der Waals surface area contributed by atoms with Gasteiger partial charge in [0, 0.05) is 22.1 Å². The maximum absolute atomic E-state index is 12.0. The summed E-state index contributed by atoms with van der Waals surface area (Å²) in [4.78, 5) is 12.0. The first kappa shape index (κ1) is 12.6. The second kappa shape index (κ2) is 5.65. The molecule has 1 fully saturated rings. The van der Waals surface area contributed by atoms with Crippen LogP contribution in [-0.2, 0) is 0 Å². The van der Waals surface area contributed by atoms with E-state index in [0.29, 0.717) is 5.56 Å². The summed E-state index contributed by atoms with van der Waals surface area (Å²) in [7, 11) is 0. The monoisotopic (exact) mass is 296 g/mol. The van der Waals surface area contributed by atoms with Crippen LogP contribution in [0.1, 0.15) is 36.0 Å². The van der Waals surface area contributed by atoms with Crippen LogP contribution in [0.4, 0.5) is 0 Å². The lowest BCUT2D eigenvalue weighted by molar-refractivity contribution is 0.0921. The van der Waals surface area contributed by atoms with Crippen molar-refractivity contribution in [3.8, 4) is 0 Å². The molecule has 4 heteroatoms. The van der Waals surface area contributed by atoms with Crippen LogP contribution >= 0.6 is 15.9 Å². The number of hydrogen-bond acceptors (Lipinski definition) is 2. The maximum atomic E-state index is 12.0. The van der Waals surface area contributed by atoms with Crippen molar-refractivity contribution in [2.75, 3.05) is 0 Å². The standard InChI is InChI=1S/C13H17BrN2O/c14-10-5-3-4-9(8-10)13(17)16-12-7-2-1-6-11(12)15/h3-5,8,11-12H,1-2,6-7,15H2,(H,16,17)/t11-,12-/m1/s1. The normalized spacial score (nSPS) is 24.4. The fraction of sp³-hybridized carbons (Fsp3) is 0.462. The minimum absolute atomic E-state index is 0.0337. The van der Waals surface area contributed by atoms with Crippen molar-refractivity contribution < 1.29 is 4.79 Å². The first-order valence-corrected chi connectivity index (χ1v) is 6.78. The minimum Gasteiger partial charge on any atom is -0.348 e. The van der Waals surface area contributed by atoms with Gasteiger partial charge in [-0.05, 0) is 31.0 Å². The van der Waals surface area contributed by atoms with Crippen LogP contribution in [0.25, 0.3) is 0 Å². The number of benzene rings is 1. The van der Waals surface area contributed by atoms with E-state index < -0.39 is 0 Å². The summed E-state index contributed by atoms with van der Waals surface area (Å²) in [5, 5.41) is 3.03. The van der Waals surface area contributed by atoms with Gasteiger partial charge in [-0.1, -0.05) is 34.8 Å². The molecule has 2 rings (SSSR count). The van der Waals surface area contributed by atoms with Crippen molar-refractivity contribution in [2.24, 2.45) is 5.73 Å². The zero-order chi connectivity index (χ0) is 12.3. The highest BCUT2D eigenvalue weighted by Crippen LogP contribution is 2.18. The van der Waals surface area contributed by atoms with Gasteiger partial charge in [0.2, 0.25) is 0 Å². The minimum atomic E-state index is -0.0337. The topological polar surface area (TPSA) is 55.1 Å². The molecule has 1 aliphatic carbocycles. The van der Waals surface area contributed by atoms with E-state index in [9.17, 15) is 4.79 Å². The average molecular weight is 297 g/mol. The van der Waals surface area contributed by atoms with E-state index in [1.165, 1.54) is 6.42 Å². The molecule has 0 bridgehead atoms. The molecule has 1 saturated carbocycles. The number of amides is 1. The van der Waals surface area contributed by atoms with Gasteiger partial charge in [0.1, 0.15) is 0 Å². The van der Waals surface area contributed by atoms with Gasteiger partial charge < -0.3 is 11.1 Å². The van der Waals surface area contributed by atoms with Gasteiger partial charge in [0.05, 0.1) is 0 Å². The van der Waals surface area contributed by atoms with Crippen molar-refractivity contribution in [1.82, 2.24) is 5.32 Å². The molecule has 0 heterocycles. The molecule has 1 amide bonds. The van der Waals surface area contributed by atoms with Gasteiger partial charge >= 0.3 is 0 Å². The lowest BCUT2D eigenvalue weighted by Crippen LogP contribution is -2.49. The molecule has 17 heavy (non-hydrogen) atoms. The van der Waals surface area contributed by atoms with Gasteiger partial charge in [-0.3, -0.25) is 4.79 Å². The molecule has 0 aromatic heterocycles. The molecule has 0 aliphatic heterocycles. The maximum Gasteiger partial charge on any atom is 0.251 e. The van der Waals surface area contributed by atoms with Crippen LogP contribution in [0.2, 0.25) is 0 Å². The highest BCUT2D eigenvalue weighted by molar-refractivity contribution is 9.10. The number of carbonyl (C=O) groups excluding carboxylic acids is 1. The molecular weight excluding hydrogens is 280 g/mol. The molecule has 3 nitrogen and oxygen atoms in total. The Hall–Kier alpha value is -0.870. The van der Waals surface area contributed by atoms with E-state index in [1.807, 2.05) is 24.3 Å². The Balaban J connectivity index is 2.01. The summed E-state index contributed by atoms with van der Waals surface area (Å²) < 4.78 is 0.915. The summed E-state index contributed by atoms with van der Waals surface area (Å²) >= 11 is 3.36. The second-order valence-corrected chi connectivity index (χ2v) is 5.45. The van der Waals surface area contributed by atoms with E-state index in [2.05, 4.69) is 21.2 Å². The van der Waals surface area contributed by atoms with Crippen LogP contribution in [0.3, 0.4) is 0 Å². The average Bonchev–Trinajstić information content (AvgIpc) is 2.32. The summed E-state index contributed by atoms with van der Waals surface area (Å²) in [5.41, 5.74) is 6.69. The predicted molar refractivity (Wildman–Crippen MR) is 71.8 cm³/mol. The molecule has 1 aromatic rings. The van der Waals surface area contributed by atoms with E-state index in [-0.39, 0.29) is 18.0 Å². The summed E-state index contributed by atoms with van der Waals surface area (Å²) in [6.07, 6.45) is 4.31. The number of halogens is 1. The van der Waals surface area contributed by atoms with E-state index >= 15 is 0 Å². The molecule has 3 N–H and O–H groups in total. The third kappa shape index (κ3) is 3.30. The Morgan fingerprint density at radius 1 is 1.35 bits per heavy atom. The molecule has 0 unspecified atom stereocenters. The van der Waals surface area contributed by atoms with Crippen molar-refractivity contribution in [2.45, 2.75) is 37.8 Å². The number of rotatable bonds is 2. The first-order valence-electron chi connectivity index (χ1n) is 5.99.